The molecule has 0 aromatic heterocycles. The van der Waals surface area contributed by atoms with E-state index in [4.69, 9.17) is 5.11 Å². The quantitative estimate of drug-likeness (QED) is 0.212. The molecule has 0 saturated carbocycles. The van der Waals surface area contributed by atoms with Crippen LogP contribution >= 0.6 is 15.9 Å². The van der Waals surface area contributed by atoms with Crippen LogP contribution in [0.1, 0.15) is 0 Å². The number of carbonyl (C=O) groups is 1. The van der Waals surface area contributed by atoms with Crippen LogP contribution in [0.15, 0.2) is 0 Å². The predicted octanol–water partition coefficient (Wildman–Crippen LogP) is -2.96. The van der Waals surface area contributed by atoms with E-state index in [1.165, 1.54) is 0 Å². The highest BCUT2D eigenvalue weighted by Crippen LogP contribution is 2.29. The lowest BCUT2D eigenvalue weighted by atomic mass is 9.98. The van der Waals surface area contributed by atoms with Crippen LogP contribution in [0.25, 0.3) is 0 Å². The number of hydrogen-bond donors (Lipinski definition) is 5. The molecule has 100 valence electrons. The first-order chi connectivity index (χ1) is 7.85. The van der Waals surface area contributed by atoms with Gasteiger partial charge in [-0.1, -0.05) is 15.9 Å². The van der Waals surface area contributed by atoms with Gasteiger partial charge in [0.25, 0.3) is 0 Å². The highest BCUT2D eigenvalue weighted by Gasteiger charge is 2.55. The zero-order valence-electron chi connectivity index (χ0n) is 8.56. The third-order valence-electron chi connectivity index (χ3n) is 2.30. The van der Waals surface area contributed by atoms with Gasteiger partial charge in [-0.3, -0.25) is 4.79 Å². The largest absolute Gasteiger partial charge is 0.405 e. The van der Waals surface area contributed by atoms with E-state index in [2.05, 4.69) is 25.4 Å². The van der Waals surface area contributed by atoms with E-state index in [0.29, 0.717) is 0 Å². The molecule has 0 amide bonds. The number of esters is 1. The summed E-state index contributed by atoms with van der Waals surface area (Å²) in [5, 5.41) is 46.5. The molecule has 5 N–H and O–H groups in total. The molecule has 17 heavy (non-hydrogen) atoms. The maximum atomic E-state index is 11.0. The average molecular weight is 317 g/mol. The summed E-state index contributed by atoms with van der Waals surface area (Å²) in [6.45, 7) is -0.737. The second-order valence-electron chi connectivity index (χ2n) is 3.50. The molecular formula is C8H13BrO8. The van der Waals surface area contributed by atoms with Crippen molar-refractivity contribution in [3.8, 4) is 0 Å². The molecule has 0 aromatic carbocycles. The minimum absolute atomic E-state index is 0.270. The Balaban J connectivity index is 2.86. The van der Waals surface area contributed by atoms with Gasteiger partial charge in [0.2, 0.25) is 0 Å². The summed E-state index contributed by atoms with van der Waals surface area (Å²) in [7, 11) is 0. The van der Waals surface area contributed by atoms with Crippen molar-refractivity contribution in [2.24, 2.45) is 0 Å². The highest BCUT2D eigenvalue weighted by atomic mass is 79.9. The molecule has 1 saturated heterocycles. The third kappa shape index (κ3) is 2.94. The molecule has 1 rings (SSSR count). The van der Waals surface area contributed by atoms with Crippen molar-refractivity contribution in [2.75, 3.05) is 11.9 Å². The number of hydrogen-bond acceptors (Lipinski definition) is 8. The molecule has 1 unspecified atom stereocenters. The summed E-state index contributed by atoms with van der Waals surface area (Å²) in [6, 6.07) is 0. The summed E-state index contributed by atoms with van der Waals surface area (Å²) < 4.78 is 9.08. The molecule has 0 radical (unpaired) electrons. The number of aliphatic hydroxyl groups excluding tert-OH is 4. The number of alkyl halides is 1. The number of rotatable bonds is 3. The second kappa shape index (κ2) is 5.57. The zero-order valence-corrected chi connectivity index (χ0v) is 10.1. The maximum absolute atomic E-state index is 11.0. The molecule has 5 atom stereocenters. The molecule has 1 aliphatic heterocycles. The Labute approximate surface area is 105 Å². The summed E-state index contributed by atoms with van der Waals surface area (Å²) >= 11 is 2.76. The fraction of sp³-hybridized carbons (Fsp3) is 0.875. The van der Waals surface area contributed by atoms with Crippen LogP contribution in [-0.2, 0) is 14.3 Å². The molecule has 1 fully saturated rings. The van der Waals surface area contributed by atoms with Crippen LogP contribution in [0.2, 0.25) is 0 Å². The van der Waals surface area contributed by atoms with Gasteiger partial charge in [-0.25, -0.2) is 0 Å². The SMILES string of the molecule is O=C(CBr)OC1(O)O[C@H](CO)[C@@H](O)[C@H](O)[C@H]1O. The first-order valence-electron chi connectivity index (χ1n) is 4.68. The Morgan fingerprint density at radius 1 is 1.35 bits per heavy atom. The number of halogens is 1. The lowest BCUT2D eigenvalue weighted by Crippen LogP contribution is -2.66. The monoisotopic (exact) mass is 316 g/mol. The van der Waals surface area contributed by atoms with Gasteiger partial charge in [0.15, 0.2) is 6.10 Å². The van der Waals surface area contributed by atoms with Crippen LogP contribution in [0.5, 0.6) is 0 Å². The number of ether oxygens (including phenoxy) is 2. The van der Waals surface area contributed by atoms with Gasteiger partial charge in [0.1, 0.15) is 23.6 Å². The Morgan fingerprint density at radius 3 is 2.41 bits per heavy atom. The van der Waals surface area contributed by atoms with Crippen LogP contribution in [0.3, 0.4) is 0 Å². The minimum Gasteiger partial charge on any atom is -0.405 e. The zero-order chi connectivity index (χ0) is 13.2. The molecule has 9 heteroatoms. The minimum atomic E-state index is -2.81. The van der Waals surface area contributed by atoms with Gasteiger partial charge in [0.05, 0.1) is 6.61 Å². The van der Waals surface area contributed by atoms with Crippen LogP contribution in [-0.4, -0.2) is 73.8 Å². The highest BCUT2D eigenvalue weighted by molar-refractivity contribution is 9.09. The number of carbonyl (C=O) groups excluding carboxylic acids is 1. The summed E-state index contributed by atoms with van der Waals surface area (Å²) in [5.41, 5.74) is 0. The molecule has 1 heterocycles. The van der Waals surface area contributed by atoms with E-state index >= 15 is 0 Å². The molecular weight excluding hydrogens is 304 g/mol. The average Bonchev–Trinajstić information content (AvgIpc) is 2.31. The van der Waals surface area contributed by atoms with Crippen molar-refractivity contribution in [2.45, 2.75) is 30.4 Å². The van der Waals surface area contributed by atoms with E-state index < -0.39 is 43.0 Å². The standard InChI is InChI=1S/C8H13BrO8/c9-1-4(11)17-8(15)7(14)6(13)5(12)3(2-10)16-8/h3,5-7,10,12-15H,1-2H2/t3-,5-,6+,7-,8?/m1/s1. The normalized spacial score (nSPS) is 42.2. The lowest BCUT2D eigenvalue weighted by molar-refractivity contribution is -0.433. The van der Waals surface area contributed by atoms with Gasteiger partial charge < -0.3 is 35.0 Å². The summed E-state index contributed by atoms with van der Waals surface area (Å²) in [4.78, 5) is 11.0. The Morgan fingerprint density at radius 2 is 1.94 bits per heavy atom. The molecule has 0 aromatic rings. The van der Waals surface area contributed by atoms with Gasteiger partial charge in [0, 0.05) is 0 Å². The lowest BCUT2D eigenvalue weighted by Gasteiger charge is -2.43. The van der Waals surface area contributed by atoms with Gasteiger partial charge in [-0.2, -0.15) is 0 Å². The van der Waals surface area contributed by atoms with Crippen molar-refractivity contribution in [1.82, 2.24) is 0 Å². The third-order valence-corrected chi connectivity index (χ3v) is 2.76. The Kier molecular flexibility index (Phi) is 4.84. The fourth-order valence-corrected chi connectivity index (χ4v) is 1.51. The maximum Gasteiger partial charge on any atom is 0.357 e. The fourth-order valence-electron chi connectivity index (χ4n) is 1.40. The van der Waals surface area contributed by atoms with E-state index in [-0.39, 0.29) is 5.33 Å². The first kappa shape index (κ1) is 14.8. The van der Waals surface area contributed by atoms with E-state index in [0.717, 1.165) is 0 Å². The predicted molar refractivity (Wildman–Crippen MR) is 54.8 cm³/mol. The van der Waals surface area contributed by atoms with Crippen LogP contribution in [0, 0.1) is 0 Å². The van der Waals surface area contributed by atoms with E-state index in [1.54, 1.807) is 0 Å². The van der Waals surface area contributed by atoms with E-state index in [9.17, 15) is 25.2 Å². The molecule has 0 aliphatic carbocycles. The number of aliphatic hydroxyl groups is 5. The van der Waals surface area contributed by atoms with Gasteiger partial charge in [-0.15, -0.1) is 0 Å². The molecule has 0 spiro atoms. The van der Waals surface area contributed by atoms with Crippen molar-refractivity contribution in [3.05, 3.63) is 0 Å². The summed E-state index contributed by atoms with van der Waals surface area (Å²) in [5.74, 6) is -3.76. The molecule has 1 aliphatic rings. The van der Waals surface area contributed by atoms with Crippen molar-refractivity contribution < 1.29 is 39.8 Å². The van der Waals surface area contributed by atoms with Gasteiger partial charge in [-0.05, 0) is 0 Å². The van der Waals surface area contributed by atoms with Crippen molar-refractivity contribution in [1.29, 1.82) is 0 Å². The smallest absolute Gasteiger partial charge is 0.357 e. The Bertz CT molecular complexity index is 285. The Hall–Kier alpha value is -0.290. The van der Waals surface area contributed by atoms with Crippen molar-refractivity contribution in [3.63, 3.8) is 0 Å². The van der Waals surface area contributed by atoms with Gasteiger partial charge >= 0.3 is 11.9 Å². The second-order valence-corrected chi connectivity index (χ2v) is 4.06. The van der Waals surface area contributed by atoms with Crippen LogP contribution in [0.4, 0.5) is 0 Å². The molecule has 0 bridgehead atoms. The van der Waals surface area contributed by atoms with E-state index in [1.807, 2.05) is 0 Å². The first-order valence-corrected chi connectivity index (χ1v) is 5.81. The topological polar surface area (TPSA) is 137 Å². The van der Waals surface area contributed by atoms with Crippen LogP contribution < -0.4 is 0 Å². The van der Waals surface area contributed by atoms with Crippen molar-refractivity contribution >= 4 is 21.9 Å². The summed E-state index contributed by atoms with van der Waals surface area (Å²) in [6.07, 6.45) is -6.88. The molecule has 8 nitrogen and oxygen atoms in total.